The molecule has 2 aliphatic rings. The Morgan fingerprint density at radius 1 is 1.12 bits per heavy atom. The van der Waals surface area contributed by atoms with Crippen molar-refractivity contribution in [2.24, 2.45) is 0 Å². The summed E-state index contributed by atoms with van der Waals surface area (Å²) in [5.41, 5.74) is 1.38. The highest BCUT2D eigenvalue weighted by Crippen LogP contribution is 2.40. The third-order valence-electron chi connectivity index (χ3n) is 3.58. The van der Waals surface area contributed by atoms with Gasteiger partial charge < -0.3 is 14.8 Å². The van der Waals surface area contributed by atoms with Crippen LogP contribution >= 0.6 is 0 Å². The molecule has 1 aliphatic carbocycles. The maximum atomic E-state index is 5.60. The normalized spacial score (nSPS) is 27.3. The number of benzene rings is 1. The first-order chi connectivity index (χ1) is 7.86. The average molecular weight is 219 g/mol. The van der Waals surface area contributed by atoms with Gasteiger partial charge in [0.2, 0.25) is 0 Å². The molecule has 3 nitrogen and oxygen atoms in total. The molecular weight excluding hydrogens is 202 g/mol. The molecular formula is C13H17NO2. The first kappa shape index (κ1) is 9.97. The second kappa shape index (κ2) is 3.98. The average Bonchev–Trinajstić information content (AvgIpc) is 2.27. The molecule has 86 valence electrons. The van der Waals surface area contributed by atoms with E-state index in [-0.39, 0.29) is 0 Å². The Bertz CT molecular complexity index is 386. The fourth-order valence-electron chi connectivity index (χ4n) is 2.44. The number of fused-ring (bicyclic) bond motifs is 1. The van der Waals surface area contributed by atoms with Gasteiger partial charge in [-0.05, 0) is 43.5 Å². The van der Waals surface area contributed by atoms with Crippen LogP contribution in [0.25, 0.3) is 0 Å². The Balaban J connectivity index is 1.76. The Labute approximate surface area is 95.8 Å². The van der Waals surface area contributed by atoms with E-state index in [1.807, 2.05) is 13.1 Å². The van der Waals surface area contributed by atoms with Crippen molar-refractivity contribution in [1.82, 2.24) is 5.32 Å². The van der Waals surface area contributed by atoms with E-state index < -0.39 is 0 Å². The molecule has 1 heterocycles. The molecule has 1 N–H and O–H groups in total. The lowest BCUT2D eigenvalue weighted by Crippen LogP contribution is -2.37. The molecule has 0 atom stereocenters. The molecule has 0 amide bonds. The minimum Gasteiger partial charge on any atom is -0.486 e. The van der Waals surface area contributed by atoms with E-state index in [9.17, 15) is 0 Å². The number of ether oxygens (including phenoxy) is 2. The Morgan fingerprint density at radius 3 is 2.62 bits per heavy atom. The molecule has 0 saturated heterocycles. The summed E-state index contributed by atoms with van der Waals surface area (Å²) in [6.07, 6.45) is 2.46. The van der Waals surface area contributed by atoms with E-state index in [2.05, 4.69) is 17.4 Å². The molecule has 1 aromatic rings. The van der Waals surface area contributed by atoms with Crippen LogP contribution in [0.3, 0.4) is 0 Å². The van der Waals surface area contributed by atoms with Gasteiger partial charge in [-0.1, -0.05) is 6.07 Å². The van der Waals surface area contributed by atoms with Gasteiger partial charge in [0.1, 0.15) is 13.2 Å². The predicted molar refractivity (Wildman–Crippen MR) is 62.3 cm³/mol. The van der Waals surface area contributed by atoms with Crippen molar-refractivity contribution in [3.63, 3.8) is 0 Å². The van der Waals surface area contributed by atoms with E-state index in [1.54, 1.807) is 0 Å². The molecule has 3 heteroatoms. The highest BCUT2D eigenvalue weighted by Gasteiger charge is 2.29. The van der Waals surface area contributed by atoms with Gasteiger partial charge in [0.15, 0.2) is 11.5 Å². The van der Waals surface area contributed by atoms with Crippen LogP contribution in [-0.4, -0.2) is 26.3 Å². The number of nitrogens with one attached hydrogen (secondary N) is 1. The summed E-state index contributed by atoms with van der Waals surface area (Å²) < 4.78 is 11.1. The van der Waals surface area contributed by atoms with Crippen molar-refractivity contribution in [2.75, 3.05) is 20.3 Å². The number of rotatable bonds is 2. The number of hydrogen-bond donors (Lipinski definition) is 1. The van der Waals surface area contributed by atoms with Crippen molar-refractivity contribution in [3.05, 3.63) is 23.8 Å². The third-order valence-corrected chi connectivity index (χ3v) is 3.58. The van der Waals surface area contributed by atoms with Gasteiger partial charge in [0.05, 0.1) is 0 Å². The Morgan fingerprint density at radius 2 is 1.88 bits per heavy atom. The van der Waals surface area contributed by atoms with Gasteiger partial charge in [0, 0.05) is 6.04 Å². The van der Waals surface area contributed by atoms with Crippen LogP contribution < -0.4 is 14.8 Å². The van der Waals surface area contributed by atoms with Crippen molar-refractivity contribution < 1.29 is 9.47 Å². The summed E-state index contributed by atoms with van der Waals surface area (Å²) in [6.45, 7) is 1.33. The third kappa shape index (κ3) is 1.65. The standard InChI is InChI=1S/C13H17NO2/c1-14-11-6-10(7-11)9-2-3-12-13(8-9)16-5-4-15-12/h2-3,8,10-11,14H,4-7H2,1H3. The maximum Gasteiger partial charge on any atom is 0.161 e. The van der Waals surface area contributed by atoms with Gasteiger partial charge in [-0.15, -0.1) is 0 Å². The molecule has 16 heavy (non-hydrogen) atoms. The minimum atomic E-state index is 0.664. The highest BCUT2D eigenvalue weighted by atomic mass is 16.6. The summed E-state index contributed by atoms with van der Waals surface area (Å²) >= 11 is 0. The summed E-state index contributed by atoms with van der Waals surface area (Å²) in [4.78, 5) is 0. The first-order valence-corrected chi connectivity index (χ1v) is 5.93. The molecule has 1 saturated carbocycles. The highest BCUT2D eigenvalue weighted by molar-refractivity contribution is 5.45. The topological polar surface area (TPSA) is 30.5 Å². The molecule has 0 spiro atoms. The maximum absolute atomic E-state index is 5.60. The zero-order valence-electron chi connectivity index (χ0n) is 9.53. The van der Waals surface area contributed by atoms with Crippen molar-refractivity contribution in [3.8, 4) is 11.5 Å². The lowest BCUT2D eigenvalue weighted by atomic mass is 9.76. The van der Waals surface area contributed by atoms with Crippen LogP contribution in [0.2, 0.25) is 0 Å². The van der Waals surface area contributed by atoms with E-state index in [4.69, 9.17) is 9.47 Å². The van der Waals surface area contributed by atoms with E-state index >= 15 is 0 Å². The van der Waals surface area contributed by atoms with Gasteiger partial charge in [0.25, 0.3) is 0 Å². The van der Waals surface area contributed by atoms with Gasteiger partial charge in [-0.2, -0.15) is 0 Å². The molecule has 1 aromatic carbocycles. The van der Waals surface area contributed by atoms with E-state index in [0.717, 1.165) is 11.5 Å². The Hall–Kier alpha value is -1.22. The molecule has 1 aliphatic heterocycles. The minimum absolute atomic E-state index is 0.664. The van der Waals surface area contributed by atoms with Crippen LogP contribution in [0.15, 0.2) is 18.2 Å². The molecule has 3 rings (SSSR count). The fraction of sp³-hybridized carbons (Fsp3) is 0.538. The van der Waals surface area contributed by atoms with E-state index in [0.29, 0.717) is 25.2 Å². The van der Waals surface area contributed by atoms with E-state index in [1.165, 1.54) is 18.4 Å². The zero-order valence-corrected chi connectivity index (χ0v) is 9.53. The number of hydrogen-bond acceptors (Lipinski definition) is 3. The Kier molecular flexibility index (Phi) is 2.48. The van der Waals surface area contributed by atoms with Crippen molar-refractivity contribution in [2.45, 2.75) is 24.8 Å². The fourth-order valence-corrected chi connectivity index (χ4v) is 2.44. The second-order valence-corrected chi connectivity index (χ2v) is 4.56. The summed E-state index contributed by atoms with van der Waals surface area (Å²) in [5.74, 6) is 2.49. The van der Waals surface area contributed by atoms with Gasteiger partial charge in [-0.25, -0.2) is 0 Å². The van der Waals surface area contributed by atoms with Crippen molar-refractivity contribution >= 4 is 0 Å². The van der Waals surface area contributed by atoms with Gasteiger partial charge >= 0.3 is 0 Å². The molecule has 1 fully saturated rings. The van der Waals surface area contributed by atoms with Crippen LogP contribution in [-0.2, 0) is 0 Å². The van der Waals surface area contributed by atoms with Crippen LogP contribution in [0.4, 0.5) is 0 Å². The first-order valence-electron chi connectivity index (χ1n) is 5.93. The monoisotopic (exact) mass is 219 g/mol. The lowest BCUT2D eigenvalue weighted by Gasteiger charge is -2.35. The van der Waals surface area contributed by atoms with Crippen LogP contribution in [0.1, 0.15) is 24.3 Å². The SMILES string of the molecule is CNC1CC(c2ccc3c(c2)OCCO3)C1. The molecule has 0 radical (unpaired) electrons. The van der Waals surface area contributed by atoms with Crippen LogP contribution in [0, 0.1) is 0 Å². The summed E-state index contributed by atoms with van der Waals surface area (Å²) in [5, 5.41) is 3.31. The predicted octanol–water partition coefficient (Wildman–Crippen LogP) is 1.92. The second-order valence-electron chi connectivity index (χ2n) is 4.56. The van der Waals surface area contributed by atoms with Gasteiger partial charge in [-0.3, -0.25) is 0 Å². The molecule has 0 unspecified atom stereocenters. The van der Waals surface area contributed by atoms with Crippen molar-refractivity contribution in [1.29, 1.82) is 0 Å². The quantitative estimate of drug-likeness (QED) is 0.824. The lowest BCUT2D eigenvalue weighted by molar-refractivity contribution is 0.171. The zero-order chi connectivity index (χ0) is 11.0. The smallest absolute Gasteiger partial charge is 0.161 e. The summed E-state index contributed by atoms with van der Waals surface area (Å²) in [6, 6.07) is 7.05. The molecule has 0 aromatic heterocycles. The summed E-state index contributed by atoms with van der Waals surface area (Å²) in [7, 11) is 2.03. The molecule has 0 bridgehead atoms. The van der Waals surface area contributed by atoms with Crippen LogP contribution in [0.5, 0.6) is 11.5 Å². The largest absolute Gasteiger partial charge is 0.486 e.